The fourth-order valence-corrected chi connectivity index (χ4v) is 3.60. The average Bonchev–Trinajstić information content (AvgIpc) is 3.65. The molecule has 1 unspecified atom stereocenters. The molecule has 7 N–H and O–H groups in total. The highest BCUT2D eigenvalue weighted by molar-refractivity contribution is 6.26. The number of hydrogen-bond acceptors (Lipinski definition) is 6. The summed E-state index contributed by atoms with van der Waals surface area (Å²) < 4.78 is 58.6. The molecule has 2 amide bonds. The minimum absolute atomic E-state index is 0.0125. The number of nitrogens with one attached hydrogen (secondary N) is 3. The molecule has 2 aromatic carbocycles. The molecule has 1 aliphatic rings. The molecular weight excluding hydrogens is 482 g/mol. The molecule has 0 spiro atoms. The van der Waals surface area contributed by atoms with E-state index < -0.39 is 52.9 Å². The highest BCUT2D eigenvalue weighted by Gasteiger charge is 2.49. The van der Waals surface area contributed by atoms with Crippen LogP contribution >= 0.6 is 0 Å². The number of ether oxygens (including phenoxy) is 1. The lowest BCUT2D eigenvalue weighted by molar-refractivity contribution is -0.158. The van der Waals surface area contributed by atoms with E-state index in [0.717, 1.165) is 12.1 Å². The van der Waals surface area contributed by atoms with Crippen molar-refractivity contribution in [1.29, 1.82) is 5.41 Å². The first-order valence-corrected chi connectivity index (χ1v) is 10.8. The molecule has 36 heavy (non-hydrogen) atoms. The normalized spacial score (nSPS) is 14.9. The number of alkyl halides is 3. The van der Waals surface area contributed by atoms with Crippen molar-refractivity contribution in [3.8, 4) is 5.75 Å². The summed E-state index contributed by atoms with van der Waals surface area (Å²) in [4.78, 5) is 24.4. The van der Waals surface area contributed by atoms with E-state index in [9.17, 15) is 27.2 Å². The Labute approximate surface area is 204 Å². The number of hydrogen-bond donors (Lipinski definition) is 5. The summed E-state index contributed by atoms with van der Waals surface area (Å²) in [6, 6.07) is 7.54. The summed E-state index contributed by atoms with van der Waals surface area (Å²) in [6.07, 6.45) is -3.84. The molecular formula is C24H25F4N5O3. The van der Waals surface area contributed by atoms with Gasteiger partial charge >= 0.3 is 6.18 Å². The molecule has 0 heterocycles. The summed E-state index contributed by atoms with van der Waals surface area (Å²) in [5, 5.41) is 13.1. The maximum Gasteiger partial charge on any atom is 0.408 e. The van der Waals surface area contributed by atoms with Crippen molar-refractivity contribution in [2.75, 3.05) is 7.11 Å². The van der Waals surface area contributed by atoms with E-state index in [1.807, 2.05) is 0 Å². The molecule has 0 aromatic heterocycles. The van der Waals surface area contributed by atoms with Crippen molar-refractivity contribution >= 4 is 17.5 Å². The largest absolute Gasteiger partial charge is 0.496 e. The maximum absolute atomic E-state index is 13.5. The van der Waals surface area contributed by atoms with Crippen LogP contribution in [0.5, 0.6) is 5.75 Å². The van der Waals surface area contributed by atoms with Crippen LogP contribution in [0.4, 0.5) is 17.6 Å². The maximum atomic E-state index is 13.5. The van der Waals surface area contributed by atoms with Crippen LogP contribution in [0.25, 0.3) is 0 Å². The smallest absolute Gasteiger partial charge is 0.408 e. The van der Waals surface area contributed by atoms with E-state index in [-0.39, 0.29) is 23.4 Å². The molecule has 3 rings (SSSR count). The number of amides is 2. The second-order valence-corrected chi connectivity index (χ2v) is 8.25. The molecule has 1 fully saturated rings. The van der Waals surface area contributed by atoms with Crippen LogP contribution in [0.1, 0.15) is 34.3 Å². The van der Waals surface area contributed by atoms with Gasteiger partial charge < -0.3 is 26.8 Å². The molecule has 12 heteroatoms. The number of benzene rings is 2. The van der Waals surface area contributed by atoms with Gasteiger partial charge in [0, 0.05) is 12.1 Å². The van der Waals surface area contributed by atoms with E-state index in [0.29, 0.717) is 18.4 Å². The zero-order chi connectivity index (χ0) is 26.6. The van der Waals surface area contributed by atoms with Crippen molar-refractivity contribution < 1.29 is 31.9 Å². The van der Waals surface area contributed by atoms with E-state index in [1.54, 1.807) is 0 Å². The lowest BCUT2D eigenvalue weighted by Gasteiger charge is -2.23. The first-order chi connectivity index (χ1) is 16.9. The molecule has 2 aromatic rings. The molecule has 0 radical (unpaired) electrons. The van der Waals surface area contributed by atoms with Gasteiger partial charge in [-0.25, -0.2) is 4.39 Å². The Balaban J connectivity index is 1.72. The minimum Gasteiger partial charge on any atom is -0.496 e. The summed E-state index contributed by atoms with van der Waals surface area (Å²) in [7, 11) is 1.35. The van der Waals surface area contributed by atoms with Gasteiger partial charge in [0.05, 0.1) is 18.4 Å². The highest BCUT2D eigenvalue weighted by atomic mass is 19.4. The van der Waals surface area contributed by atoms with Gasteiger partial charge in [0.15, 0.2) is 0 Å². The van der Waals surface area contributed by atoms with Gasteiger partial charge in [-0.1, -0.05) is 24.3 Å². The Morgan fingerprint density at radius 2 is 1.78 bits per heavy atom. The first-order valence-electron chi connectivity index (χ1n) is 10.8. The number of carbonyl (C=O) groups excluding carboxylic acids is 2. The third-order valence-electron chi connectivity index (χ3n) is 5.62. The SMILES string of the molecule is COc1ccc(F)cc1C(=O)NCc1ccc(C(=N)/C(C(N)=O)=C(/N)NC(C2CC2)C(F)(F)F)cc1. The number of nitrogens with two attached hydrogens (primary N) is 2. The second kappa shape index (κ2) is 10.7. The van der Waals surface area contributed by atoms with Gasteiger partial charge in [-0.05, 0) is 42.5 Å². The molecule has 0 aliphatic heterocycles. The summed E-state index contributed by atoms with van der Waals surface area (Å²) in [6.45, 7) is 0.0446. The van der Waals surface area contributed by atoms with Crippen LogP contribution in [0.15, 0.2) is 53.9 Å². The second-order valence-electron chi connectivity index (χ2n) is 8.25. The standard InChI is InChI=1S/C24H25F4N5O3/c1-36-17-9-8-15(25)10-16(17)23(35)32-11-12-2-4-13(5-3-12)19(29)18(22(31)34)21(30)33-20(14-6-7-14)24(26,27)28/h2-5,8-10,14,20,29,33H,6-7,11,30H2,1H3,(H2,31,34)(H,32,35)/b21-18+,29-19?. The molecule has 1 atom stereocenters. The van der Waals surface area contributed by atoms with Crippen molar-refractivity contribution in [1.82, 2.24) is 10.6 Å². The number of rotatable bonds is 10. The molecule has 8 nitrogen and oxygen atoms in total. The fraction of sp³-hybridized carbons (Fsp3) is 0.292. The summed E-state index contributed by atoms with van der Waals surface area (Å²) in [5.41, 5.74) is 10.9. The predicted molar refractivity (Wildman–Crippen MR) is 124 cm³/mol. The third kappa shape index (κ3) is 6.32. The monoisotopic (exact) mass is 507 g/mol. The van der Waals surface area contributed by atoms with Crippen LogP contribution in [-0.2, 0) is 11.3 Å². The zero-order valence-corrected chi connectivity index (χ0v) is 19.2. The van der Waals surface area contributed by atoms with E-state index in [4.69, 9.17) is 21.6 Å². The van der Waals surface area contributed by atoms with Crippen LogP contribution in [0.3, 0.4) is 0 Å². The van der Waals surface area contributed by atoms with Crippen LogP contribution in [0, 0.1) is 17.1 Å². The van der Waals surface area contributed by atoms with Gasteiger partial charge in [-0.2, -0.15) is 13.2 Å². The van der Waals surface area contributed by atoms with E-state index >= 15 is 0 Å². The first kappa shape index (κ1) is 26.5. The number of primary amides is 1. The third-order valence-corrected chi connectivity index (χ3v) is 5.62. The van der Waals surface area contributed by atoms with Crippen molar-refractivity contribution in [3.05, 3.63) is 76.4 Å². The lowest BCUT2D eigenvalue weighted by atomic mass is 10.00. The number of methoxy groups -OCH3 is 1. The summed E-state index contributed by atoms with van der Waals surface area (Å²) >= 11 is 0. The Bertz CT molecular complexity index is 1190. The van der Waals surface area contributed by atoms with Crippen molar-refractivity contribution in [2.45, 2.75) is 31.6 Å². The topological polar surface area (TPSA) is 143 Å². The van der Waals surface area contributed by atoms with Crippen LogP contribution < -0.4 is 26.8 Å². The van der Waals surface area contributed by atoms with Gasteiger partial charge in [0.25, 0.3) is 11.8 Å². The van der Waals surface area contributed by atoms with Gasteiger partial charge in [0.1, 0.15) is 29.0 Å². The Morgan fingerprint density at radius 1 is 1.14 bits per heavy atom. The Morgan fingerprint density at radius 3 is 2.31 bits per heavy atom. The number of carbonyl (C=O) groups is 2. The van der Waals surface area contributed by atoms with Crippen LogP contribution in [-0.4, -0.2) is 36.9 Å². The quantitative estimate of drug-likeness (QED) is 0.191. The van der Waals surface area contributed by atoms with Crippen molar-refractivity contribution in [3.63, 3.8) is 0 Å². The minimum atomic E-state index is -4.58. The van der Waals surface area contributed by atoms with Crippen molar-refractivity contribution in [2.24, 2.45) is 17.4 Å². The molecule has 0 saturated heterocycles. The average molecular weight is 507 g/mol. The molecule has 1 aliphatic carbocycles. The van der Waals surface area contributed by atoms with E-state index in [2.05, 4.69) is 10.6 Å². The zero-order valence-electron chi connectivity index (χ0n) is 19.2. The van der Waals surface area contributed by atoms with Gasteiger partial charge in [0.2, 0.25) is 0 Å². The summed E-state index contributed by atoms with van der Waals surface area (Å²) in [5.74, 6) is -3.41. The van der Waals surface area contributed by atoms with Crippen LogP contribution in [0.2, 0.25) is 0 Å². The predicted octanol–water partition coefficient (Wildman–Crippen LogP) is 2.72. The van der Waals surface area contributed by atoms with Gasteiger partial charge in [-0.15, -0.1) is 0 Å². The highest BCUT2D eigenvalue weighted by Crippen LogP contribution is 2.40. The number of halogens is 4. The van der Waals surface area contributed by atoms with E-state index in [1.165, 1.54) is 37.4 Å². The lowest BCUT2D eigenvalue weighted by Crippen LogP contribution is -2.46. The fourth-order valence-electron chi connectivity index (χ4n) is 3.60. The van der Waals surface area contributed by atoms with Gasteiger partial charge in [-0.3, -0.25) is 15.0 Å². The molecule has 192 valence electrons. The molecule has 1 saturated carbocycles. The molecule has 0 bridgehead atoms. The Hall–Kier alpha value is -4.09. The Kier molecular flexibility index (Phi) is 7.86.